The summed E-state index contributed by atoms with van der Waals surface area (Å²) in [4.78, 5) is 3.74. The Morgan fingerprint density at radius 3 is 2.60 bits per heavy atom. The molecule has 3 nitrogen and oxygen atoms in total. The maximum atomic E-state index is 11.6. The normalized spacial score (nSPS) is 12.0. The van der Waals surface area contributed by atoms with Crippen molar-refractivity contribution in [1.29, 1.82) is 0 Å². The molecule has 0 aromatic rings. The van der Waals surface area contributed by atoms with Crippen molar-refractivity contribution in [2.75, 3.05) is 19.8 Å². The van der Waals surface area contributed by atoms with Crippen LogP contribution in [0.4, 0.5) is 4.39 Å². The van der Waals surface area contributed by atoms with Crippen LogP contribution in [0.5, 0.6) is 0 Å². The number of halogens is 1. The maximum Gasteiger partial charge on any atom is 0.146 e. The van der Waals surface area contributed by atoms with E-state index < -0.39 is 6.67 Å². The minimum Gasteiger partial charge on any atom is -0.385 e. The van der Waals surface area contributed by atoms with Crippen LogP contribution in [-0.2, 0) is 0 Å². The molecular weight excluding hydrogens is 133 g/mol. The first-order valence-electron chi connectivity index (χ1n) is 3.36. The fourth-order valence-corrected chi connectivity index (χ4v) is 0.521. The number of unbranched alkanes of at least 4 members (excludes halogenated alkanes) is 1. The molecule has 0 aromatic heterocycles. The highest BCUT2D eigenvalue weighted by Gasteiger charge is 1.87. The highest BCUT2D eigenvalue weighted by molar-refractivity contribution is 5.81. The Morgan fingerprint density at radius 1 is 1.40 bits per heavy atom. The lowest BCUT2D eigenvalue weighted by Gasteiger charge is -1.94. The molecule has 60 valence electrons. The van der Waals surface area contributed by atoms with Crippen molar-refractivity contribution in [3.05, 3.63) is 0 Å². The van der Waals surface area contributed by atoms with Crippen LogP contribution in [0.3, 0.4) is 0 Å². The van der Waals surface area contributed by atoms with Crippen LogP contribution < -0.4 is 11.5 Å². The quantitative estimate of drug-likeness (QED) is 0.328. The van der Waals surface area contributed by atoms with Crippen LogP contribution in [0.1, 0.15) is 12.8 Å². The summed E-state index contributed by atoms with van der Waals surface area (Å²) in [5, 5.41) is 0. The molecule has 0 fully saturated rings. The van der Waals surface area contributed by atoms with Crippen LogP contribution in [0.2, 0.25) is 0 Å². The second-order valence-electron chi connectivity index (χ2n) is 2.00. The van der Waals surface area contributed by atoms with E-state index in [9.17, 15) is 4.39 Å². The summed E-state index contributed by atoms with van der Waals surface area (Å²) in [6, 6.07) is 0. The summed E-state index contributed by atoms with van der Waals surface area (Å²) < 4.78 is 11.6. The number of amidine groups is 1. The highest BCUT2D eigenvalue weighted by atomic mass is 19.1. The molecule has 0 unspecified atom stereocenters. The molecule has 10 heavy (non-hydrogen) atoms. The summed E-state index contributed by atoms with van der Waals surface area (Å²) in [6.07, 6.45) is 1.81. The SMILES string of the molecule is NCCCCN=C(N)CF. The Labute approximate surface area is 60.3 Å². The van der Waals surface area contributed by atoms with Crippen molar-refractivity contribution in [3.63, 3.8) is 0 Å². The maximum absolute atomic E-state index is 11.6. The summed E-state index contributed by atoms with van der Waals surface area (Å²) in [5.41, 5.74) is 10.3. The van der Waals surface area contributed by atoms with E-state index in [4.69, 9.17) is 11.5 Å². The molecule has 4 heteroatoms. The van der Waals surface area contributed by atoms with Crippen LogP contribution >= 0.6 is 0 Å². The Hall–Kier alpha value is -0.640. The topological polar surface area (TPSA) is 64.4 Å². The van der Waals surface area contributed by atoms with Gasteiger partial charge in [0.2, 0.25) is 0 Å². The summed E-state index contributed by atoms with van der Waals surface area (Å²) >= 11 is 0. The molecule has 0 aromatic carbocycles. The molecular formula is C6H14FN3. The van der Waals surface area contributed by atoms with Crippen LogP contribution in [0.25, 0.3) is 0 Å². The lowest BCUT2D eigenvalue weighted by molar-refractivity contribution is 0.576. The molecule has 0 rings (SSSR count). The minimum atomic E-state index is -0.650. The molecule has 0 saturated heterocycles. The van der Waals surface area contributed by atoms with Gasteiger partial charge in [-0.1, -0.05) is 0 Å². The van der Waals surface area contributed by atoms with Crippen molar-refractivity contribution in [2.24, 2.45) is 16.5 Å². The van der Waals surface area contributed by atoms with Gasteiger partial charge in [0.15, 0.2) is 0 Å². The smallest absolute Gasteiger partial charge is 0.146 e. The van der Waals surface area contributed by atoms with E-state index in [0.717, 1.165) is 12.8 Å². The fourth-order valence-electron chi connectivity index (χ4n) is 0.521. The molecule has 0 aliphatic rings. The number of hydrogen-bond acceptors (Lipinski definition) is 2. The number of nitrogens with zero attached hydrogens (tertiary/aromatic N) is 1. The number of hydrogen-bond donors (Lipinski definition) is 2. The van der Waals surface area contributed by atoms with Gasteiger partial charge in [-0.25, -0.2) is 4.39 Å². The van der Waals surface area contributed by atoms with Crippen molar-refractivity contribution >= 4 is 5.84 Å². The largest absolute Gasteiger partial charge is 0.385 e. The molecule has 0 amide bonds. The minimum absolute atomic E-state index is 0.0806. The van der Waals surface area contributed by atoms with E-state index in [1.165, 1.54) is 0 Å². The van der Waals surface area contributed by atoms with Gasteiger partial charge in [0.05, 0.1) is 0 Å². The molecule has 0 radical (unpaired) electrons. The van der Waals surface area contributed by atoms with Crippen molar-refractivity contribution in [3.8, 4) is 0 Å². The number of rotatable bonds is 5. The molecule has 4 N–H and O–H groups in total. The average molecular weight is 147 g/mol. The molecule has 0 aliphatic carbocycles. The van der Waals surface area contributed by atoms with Gasteiger partial charge >= 0.3 is 0 Å². The lowest BCUT2D eigenvalue weighted by Crippen LogP contribution is -2.14. The van der Waals surface area contributed by atoms with E-state index in [1.54, 1.807) is 0 Å². The predicted molar refractivity (Wildman–Crippen MR) is 40.8 cm³/mol. The molecule has 0 spiro atoms. The molecule has 0 aliphatic heterocycles. The summed E-state index contributed by atoms with van der Waals surface area (Å²) in [5.74, 6) is 0.0806. The molecule has 0 saturated carbocycles. The summed E-state index contributed by atoms with van der Waals surface area (Å²) in [7, 11) is 0. The van der Waals surface area contributed by atoms with Crippen LogP contribution in [0.15, 0.2) is 4.99 Å². The van der Waals surface area contributed by atoms with E-state index >= 15 is 0 Å². The second kappa shape index (κ2) is 6.48. The van der Waals surface area contributed by atoms with Gasteiger partial charge in [-0.05, 0) is 19.4 Å². The van der Waals surface area contributed by atoms with Gasteiger partial charge in [-0.3, -0.25) is 4.99 Å². The fraction of sp³-hybridized carbons (Fsp3) is 0.833. The first kappa shape index (κ1) is 9.36. The second-order valence-corrected chi connectivity index (χ2v) is 2.00. The van der Waals surface area contributed by atoms with Crippen molar-refractivity contribution < 1.29 is 4.39 Å². The lowest BCUT2D eigenvalue weighted by atomic mass is 10.3. The third-order valence-corrected chi connectivity index (χ3v) is 1.06. The number of alkyl halides is 1. The Bertz CT molecular complexity index is 103. The van der Waals surface area contributed by atoms with Gasteiger partial charge in [0, 0.05) is 6.54 Å². The molecule has 0 heterocycles. The standard InChI is InChI=1S/C6H14FN3/c7-5-6(9)10-4-2-1-3-8/h1-5,8H2,(H2,9,10). The summed E-state index contributed by atoms with van der Waals surface area (Å²) in [6.45, 7) is 0.598. The Morgan fingerprint density at radius 2 is 2.10 bits per heavy atom. The zero-order valence-corrected chi connectivity index (χ0v) is 6.02. The third-order valence-electron chi connectivity index (χ3n) is 1.06. The first-order chi connectivity index (χ1) is 4.81. The van der Waals surface area contributed by atoms with E-state index in [-0.39, 0.29) is 5.84 Å². The predicted octanol–water partition coefficient (Wildman–Crippen LogP) is 0.0520. The van der Waals surface area contributed by atoms with Crippen molar-refractivity contribution in [1.82, 2.24) is 0 Å². The Balaban J connectivity index is 3.16. The number of aliphatic imine (C=N–C) groups is 1. The molecule has 0 atom stereocenters. The highest BCUT2D eigenvalue weighted by Crippen LogP contribution is 1.86. The van der Waals surface area contributed by atoms with E-state index in [0.29, 0.717) is 13.1 Å². The van der Waals surface area contributed by atoms with Gasteiger partial charge in [-0.15, -0.1) is 0 Å². The Kier molecular flexibility index (Phi) is 6.06. The van der Waals surface area contributed by atoms with Gasteiger partial charge in [0.25, 0.3) is 0 Å². The van der Waals surface area contributed by atoms with Gasteiger partial charge < -0.3 is 11.5 Å². The zero-order chi connectivity index (χ0) is 7.82. The monoisotopic (exact) mass is 147 g/mol. The van der Waals surface area contributed by atoms with E-state index in [1.807, 2.05) is 0 Å². The van der Waals surface area contributed by atoms with Gasteiger partial charge in [-0.2, -0.15) is 0 Å². The van der Waals surface area contributed by atoms with Crippen LogP contribution in [0, 0.1) is 0 Å². The van der Waals surface area contributed by atoms with Crippen molar-refractivity contribution in [2.45, 2.75) is 12.8 Å². The van der Waals surface area contributed by atoms with Crippen LogP contribution in [-0.4, -0.2) is 25.6 Å². The van der Waals surface area contributed by atoms with Gasteiger partial charge in [0.1, 0.15) is 12.5 Å². The molecule has 0 bridgehead atoms. The number of nitrogens with two attached hydrogens (primary N) is 2. The average Bonchev–Trinajstić information content (AvgIpc) is 1.98. The third kappa shape index (κ3) is 5.50. The van der Waals surface area contributed by atoms with E-state index in [2.05, 4.69) is 4.99 Å². The first-order valence-corrected chi connectivity index (χ1v) is 3.36. The zero-order valence-electron chi connectivity index (χ0n) is 6.02.